The maximum Gasteiger partial charge on any atom is 0.330 e. The summed E-state index contributed by atoms with van der Waals surface area (Å²) in [4.78, 5) is 28.3. The molecule has 0 fully saturated rings. The molecule has 1 aliphatic rings. The zero-order chi connectivity index (χ0) is 17.7. The molecule has 2 aromatic rings. The number of benzene rings is 2. The van der Waals surface area contributed by atoms with Crippen molar-refractivity contribution in [2.75, 3.05) is 0 Å². The fourth-order valence-electron chi connectivity index (χ4n) is 2.28. The first-order valence-electron chi connectivity index (χ1n) is 7.84. The number of hydrogen-bond donors (Lipinski definition) is 0. The van der Waals surface area contributed by atoms with Crippen molar-refractivity contribution < 1.29 is 14.3 Å². The van der Waals surface area contributed by atoms with Gasteiger partial charge in [0.1, 0.15) is 16.4 Å². The Morgan fingerprint density at radius 1 is 1.12 bits per heavy atom. The van der Waals surface area contributed by atoms with Crippen molar-refractivity contribution in [3.63, 3.8) is 0 Å². The number of carbonyl (C=O) groups excluding carboxylic acids is 2. The van der Waals surface area contributed by atoms with Crippen LogP contribution in [0.15, 0.2) is 77.8 Å². The molecule has 5 heteroatoms. The Kier molecular flexibility index (Phi) is 5.14. The fraction of sp³-hybridized carbons (Fsp3) is 0.150. The van der Waals surface area contributed by atoms with E-state index in [1.165, 1.54) is 17.8 Å². The standard InChI is InChI=1S/C20H17NO3S/c1-20(13-12-17(22)24-14-15-8-4-2-5-9-15)19(23)21-18(25-20)16-10-6-3-7-11-16/h2-13H,14H2,1H3/b13-12+/t20-/m1/s1. The van der Waals surface area contributed by atoms with E-state index in [9.17, 15) is 9.59 Å². The van der Waals surface area contributed by atoms with Gasteiger partial charge in [-0.15, -0.1) is 0 Å². The SMILES string of the molecule is C[C@]1(/C=C/C(=O)OCc2ccccc2)SC(c2ccccc2)=NC1=O. The van der Waals surface area contributed by atoms with Crippen LogP contribution in [0.25, 0.3) is 0 Å². The maximum atomic E-state index is 12.3. The van der Waals surface area contributed by atoms with Crippen LogP contribution in [0.1, 0.15) is 18.1 Å². The highest BCUT2D eigenvalue weighted by atomic mass is 32.2. The predicted molar refractivity (Wildman–Crippen MR) is 99.4 cm³/mol. The summed E-state index contributed by atoms with van der Waals surface area (Å²) in [5, 5.41) is 0.662. The van der Waals surface area contributed by atoms with Crippen LogP contribution in [-0.2, 0) is 20.9 Å². The molecule has 25 heavy (non-hydrogen) atoms. The molecule has 0 bridgehead atoms. The Balaban J connectivity index is 1.61. The number of amides is 1. The third kappa shape index (κ3) is 4.25. The number of hydrogen-bond acceptors (Lipinski definition) is 4. The van der Waals surface area contributed by atoms with Crippen molar-refractivity contribution in [1.29, 1.82) is 0 Å². The van der Waals surface area contributed by atoms with Crippen molar-refractivity contribution in [3.8, 4) is 0 Å². The van der Waals surface area contributed by atoms with E-state index in [1.54, 1.807) is 13.0 Å². The van der Waals surface area contributed by atoms with Crippen molar-refractivity contribution in [1.82, 2.24) is 0 Å². The zero-order valence-corrected chi connectivity index (χ0v) is 14.5. The van der Waals surface area contributed by atoms with Gasteiger partial charge in [0.15, 0.2) is 0 Å². The molecule has 3 rings (SSSR count). The first-order chi connectivity index (χ1) is 12.1. The highest BCUT2D eigenvalue weighted by molar-refractivity contribution is 8.16. The second-order valence-corrected chi connectivity index (χ2v) is 7.16. The van der Waals surface area contributed by atoms with Crippen LogP contribution in [0.3, 0.4) is 0 Å². The van der Waals surface area contributed by atoms with E-state index >= 15 is 0 Å². The van der Waals surface area contributed by atoms with Gasteiger partial charge in [0, 0.05) is 11.6 Å². The zero-order valence-electron chi connectivity index (χ0n) is 13.7. The lowest BCUT2D eigenvalue weighted by molar-refractivity contribution is -0.139. The van der Waals surface area contributed by atoms with Crippen LogP contribution in [0.5, 0.6) is 0 Å². The lowest BCUT2D eigenvalue weighted by Crippen LogP contribution is -2.24. The van der Waals surface area contributed by atoms with Gasteiger partial charge in [-0.1, -0.05) is 78.5 Å². The minimum Gasteiger partial charge on any atom is -0.458 e. The second-order valence-electron chi connectivity index (χ2n) is 5.72. The van der Waals surface area contributed by atoms with Gasteiger partial charge < -0.3 is 4.74 Å². The van der Waals surface area contributed by atoms with Crippen LogP contribution in [0, 0.1) is 0 Å². The summed E-state index contributed by atoms with van der Waals surface area (Å²) in [5.41, 5.74) is 1.81. The van der Waals surface area contributed by atoms with Crippen LogP contribution in [0.4, 0.5) is 0 Å². The van der Waals surface area contributed by atoms with Gasteiger partial charge in [-0.05, 0) is 12.5 Å². The molecule has 0 aliphatic carbocycles. The number of aliphatic imine (C=N–C) groups is 1. The number of carbonyl (C=O) groups is 2. The highest BCUT2D eigenvalue weighted by Gasteiger charge is 2.39. The number of thioether (sulfide) groups is 1. The largest absolute Gasteiger partial charge is 0.458 e. The van der Waals surface area contributed by atoms with Gasteiger partial charge in [0.25, 0.3) is 5.91 Å². The van der Waals surface area contributed by atoms with Crippen LogP contribution in [0.2, 0.25) is 0 Å². The van der Waals surface area contributed by atoms with Crippen molar-refractivity contribution in [3.05, 3.63) is 83.9 Å². The minimum atomic E-state index is -0.892. The summed E-state index contributed by atoms with van der Waals surface area (Å²) < 4.78 is 4.30. The van der Waals surface area contributed by atoms with Gasteiger partial charge >= 0.3 is 5.97 Å². The normalized spacial score (nSPS) is 19.9. The molecule has 0 saturated carbocycles. The van der Waals surface area contributed by atoms with Crippen molar-refractivity contribution >= 4 is 28.7 Å². The molecule has 1 heterocycles. The first-order valence-corrected chi connectivity index (χ1v) is 8.66. The fourth-order valence-corrected chi connectivity index (χ4v) is 3.34. The second kappa shape index (κ2) is 7.49. The molecule has 126 valence electrons. The Morgan fingerprint density at radius 2 is 1.76 bits per heavy atom. The Labute approximate surface area is 150 Å². The number of rotatable bonds is 5. The molecule has 0 aromatic heterocycles. The topological polar surface area (TPSA) is 55.7 Å². The quantitative estimate of drug-likeness (QED) is 0.608. The molecule has 0 saturated heterocycles. The summed E-state index contributed by atoms with van der Waals surface area (Å²) in [5.74, 6) is -0.755. The predicted octanol–water partition coefficient (Wildman–Crippen LogP) is 3.76. The molecule has 1 atom stereocenters. The molecule has 4 nitrogen and oxygen atoms in total. The van der Waals surface area contributed by atoms with E-state index in [4.69, 9.17) is 4.74 Å². The van der Waals surface area contributed by atoms with Crippen LogP contribution < -0.4 is 0 Å². The molecule has 0 N–H and O–H groups in total. The number of nitrogens with zero attached hydrogens (tertiary/aromatic N) is 1. The van der Waals surface area contributed by atoms with Gasteiger partial charge in [0.05, 0.1) is 0 Å². The lowest BCUT2D eigenvalue weighted by atomic mass is 10.1. The average Bonchev–Trinajstić information content (AvgIpc) is 2.95. The highest BCUT2D eigenvalue weighted by Crippen LogP contribution is 2.37. The minimum absolute atomic E-state index is 0.202. The lowest BCUT2D eigenvalue weighted by Gasteiger charge is -2.14. The van der Waals surface area contributed by atoms with Gasteiger partial charge in [-0.3, -0.25) is 4.79 Å². The molecule has 0 spiro atoms. The Morgan fingerprint density at radius 3 is 2.44 bits per heavy atom. The van der Waals surface area contributed by atoms with Crippen molar-refractivity contribution in [2.24, 2.45) is 4.99 Å². The molecular formula is C20H17NO3S. The molecule has 2 aromatic carbocycles. The van der Waals surface area contributed by atoms with Gasteiger partial charge in [-0.25, -0.2) is 9.79 Å². The van der Waals surface area contributed by atoms with E-state index in [-0.39, 0.29) is 12.5 Å². The molecular weight excluding hydrogens is 334 g/mol. The molecule has 0 radical (unpaired) electrons. The van der Waals surface area contributed by atoms with E-state index < -0.39 is 10.7 Å². The Hall–Kier alpha value is -2.66. The number of esters is 1. The summed E-state index contributed by atoms with van der Waals surface area (Å²) >= 11 is 1.34. The summed E-state index contributed by atoms with van der Waals surface area (Å²) in [6.45, 7) is 1.95. The summed E-state index contributed by atoms with van der Waals surface area (Å²) in [7, 11) is 0. The molecule has 0 unspecified atom stereocenters. The van der Waals surface area contributed by atoms with E-state index in [0.717, 1.165) is 11.1 Å². The van der Waals surface area contributed by atoms with E-state index in [2.05, 4.69) is 4.99 Å². The van der Waals surface area contributed by atoms with Crippen LogP contribution in [-0.4, -0.2) is 21.7 Å². The molecule has 1 aliphatic heterocycles. The van der Waals surface area contributed by atoms with E-state index in [0.29, 0.717) is 5.04 Å². The average molecular weight is 351 g/mol. The van der Waals surface area contributed by atoms with Gasteiger partial charge in [-0.2, -0.15) is 0 Å². The smallest absolute Gasteiger partial charge is 0.330 e. The molecule has 1 amide bonds. The monoisotopic (exact) mass is 351 g/mol. The Bertz CT molecular complexity index is 831. The van der Waals surface area contributed by atoms with E-state index in [1.807, 2.05) is 60.7 Å². The number of ether oxygens (including phenoxy) is 1. The van der Waals surface area contributed by atoms with Gasteiger partial charge in [0.2, 0.25) is 0 Å². The summed E-state index contributed by atoms with van der Waals surface area (Å²) in [6, 6.07) is 19.0. The summed E-state index contributed by atoms with van der Waals surface area (Å²) in [6.07, 6.45) is 2.87. The third-order valence-corrected chi connectivity index (χ3v) is 4.97. The third-order valence-electron chi connectivity index (χ3n) is 3.72. The van der Waals surface area contributed by atoms with Crippen molar-refractivity contribution in [2.45, 2.75) is 18.3 Å². The van der Waals surface area contributed by atoms with Crippen LogP contribution >= 0.6 is 11.8 Å². The maximum absolute atomic E-state index is 12.3. The first kappa shape index (κ1) is 17.2.